The highest BCUT2D eigenvalue weighted by Gasteiger charge is 2.28. The number of β-amino-alcohol motifs (C(OH)–C–C–N with tert-alkyl or cyclic N) is 1. The normalized spacial score (nSPS) is 26.3. The third kappa shape index (κ3) is 4.54. The zero-order valence-electron chi connectivity index (χ0n) is 14.4. The van der Waals surface area contributed by atoms with E-state index in [0.29, 0.717) is 12.1 Å². The van der Waals surface area contributed by atoms with Crippen LogP contribution in [0.1, 0.15) is 37.0 Å². The van der Waals surface area contributed by atoms with Crippen LogP contribution in [0.2, 0.25) is 0 Å². The van der Waals surface area contributed by atoms with Gasteiger partial charge in [-0.05, 0) is 45.3 Å². The Bertz CT molecular complexity index is 483. The van der Waals surface area contributed by atoms with Crippen molar-refractivity contribution in [2.24, 2.45) is 0 Å². The molecular formula is C19H30N2O2. The molecule has 4 nitrogen and oxygen atoms in total. The molecule has 0 amide bonds. The number of rotatable bonds is 4. The van der Waals surface area contributed by atoms with Gasteiger partial charge < -0.3 is 14.7 Å². The SMILES string of the molecule is Cc1ccc(C(O)CN2CCC(N3CCOC(C)C3)CC2)cc1. The molecule has 2 atom stereocenters. The minimum Gasteiger partial charge on any atom is -0.387 e. The summed E-state index contributed by atoms with van der Waals surface area (Å²) in [5.41, 5.74) is 2.27. The highest BCUT2D eigenvalue weighted by Crippen LogP contribution is 2.22. The summed E-state index contributed by atoms with van der Waals surface area (Å²) in [6.07, 6.45) is 2.39. The summed E-state index contributed by atoms with van der Waals surface area (Å²) in [7, 11) is 0. The number of piperidine rings is 1. The number of nitrogens with zero attached hydrogens (tertiary/aromatic N) is 2. The number of aryl methyl sites for hydroxylation is 1. The molecule has 2 fully saturated rings. The molecule has 2 saturated heterocycles. The Kier molecular flexibility index (Phi) is 5.70. The van der Waals surface area contributed by atoms with Gasteiger partial charge in [-0.25, -0.2) is 0 Å². The second-order valence-corrected chi connectivity index (χ2v) is 7.13. The van der Waals surface area contributed by atoms with Gasteiger partial charge in [0, 0.05) is 25.7 Å². The van der Waals surface area contributed by atoms with Crippen molar-refractivity contribution >= 4 is 0 Å². The van der Waals surface area contributed by atoms with Gasteiger partial charge in [0.15, 0.2) is 0 Å². The second-order valence-electron chi connectivity index (χ2n) is 7.13. The molecule has 2 unspecified atom stereocenters. The van der Waals surface area contributed by atoms with Crippen molar-refractivity contribution in [3.8, 4) is 0 Å². The van der Waals surface area contributed by atoms with Crippen LogP contribution in [0.5, 0.6) is 0 Å². The fourth-order valence-corrected chi connectivity index (χ4v) is 3.78. The molecule has 2 heterocycles. The maximum Gasteiger partial charge on any atom is 0.0916 e. The van der Waals surface area contributed by atoms with Crippen LogP contribution in [0, 0.1) is 6.92 Å². The summed E-state index contributed by atoms with van der Waals surface area (Å²) in [6, 6.07) is 8.92. The molecule has 2 aliphatic heterocycles. The quantitative estimate of drug-likeness (QED) is 0.923. The molecule has 0 aliphatic carbocycles. The first-order valence-electron chi connectivity index (χ1n) is 8.94. The summed E-state index contributed by atoms with van der Waals surface area (Å²) < 4.78 is 5.64. The van der Waals surface area contributed by atoms with Crippen molar-refractivity contribution in [3.05, 3.63) is 35.4 Å². The molecule has 128 valence electrons. The van der Waals surface area contributed by atoms with Crippen molar-refractivity contribution in [1.82, 2.24) is 9.80 Å². The summed E-state index contributed by atoms with van der Waals surface area (Å²) >= 11 is 0. The summed E-state index contributed by atoms with van der Waals surface area (Å²) in [6.45, 7) is 10.2. The van der Waals surface area contributed by atoms with Crippen LogP contribution in [0.3, 0.4) is 0 Å². The van der Waals surface area contributed by atoms with Gasteiger partial charge in [0.2, 0.25) is 0 Å². The minimum atomic E-state index is -0.379. The lowest BCUT2D eigenvalue weighted by atomic mass is 10.0. The topological polar surface area (TPSA) is 35.9 Å². The van der Waals surface area contributed by atoms with Crippen LogP contribution in [-0.2, 0) is 4.74 Å². The lowest BCUT2D eigenvalue weighted by Gasteiger charge is -2.42. The number of morpholine rings is 1. The van der Waals surface area contributed by atoms with Crippen molar-refractivity contribution < 1.29 is 9.84 Å². The van der Waals surface area contributed by atoms with Crippen LogP contribution in [0.15, 0.2) is 24.3 Å². The molecular weight excluding hydrogens is 288 g/mol. The number of likely N-dealkylation sites (tertiary alicyclic amines) is 1. The number of hydrogen-bond acceptors (Lipinski definition) is 4. The molecule has 2 aliphatic rings. The molecule has 4 heteroatoms. The Hall–Kier alpha value is -0.940. The Balaban J connectivity index is 1.46. The molecule has 0 saturated carbocycles. The Labute approximate surface area is 140 Å². The predicted molar refractivity (Wildman–Crippen MR) is 92.6 cm³/mol. The van der Waals surface area contributed by atoms with Crippen molar-refractivity contribution in [3.63, 3.8) is 0 Å². The summed E-state index contributed by atoms with van der Waals surface area (Å²) in [4.78, 5) is 5.01. The van der Waals surface area contributed by atoms with Crippen LogP contribution < -0.4 is 0 Å². The molecule has 3 rings (SSSR count). The van der Waals surface area contributed by atoms with Crippen LogP contribution in [0.4, 0.5) is 0 Å². The van der Waals surface area contributed by atoms with Gasteiger partial charge in [0.25, 0.3) is 0 Å². The maximum absolute atomic E-state index is 10.4. The van der Waals surface area contributed by atoms with E-state index in [4.69, 9.17) is 4.74 Å². The third-order valence-electron chi connectivity index (χ3n) is 5.24. The van der Waals surface area contributed by atoms with Crippen LogP contribution in [0.25, 0.3) is 0 Å². The van der Waals surface area contributed by atoms with E-state index in [1.54, 1.807) is 0 Å². The van der Waals surface area contributed by atoms with Gasteiger partial charge in [-0.3, -0.25) is 4.90 Å². The predicted octanol–water partition coefficient (Wildman–Crippen LogP) is 2.21. The lowest BCUT2D eigenvalue weighted by Crippen LogP contribution is -2.51. The zero-order valence-corrected chi connectivity index (χ0v) is 14.4. The standard InChI is InChI=1S/C19H30N2O2/c1-15-3-5-17(6-4-15)19(22)14-20-9-7-18(8-10-20)21-11-12-23-16(2)13-21/h3-6,16,18-19,22H,7-14H2,1-2H3. The van der Waals surface area contributed by atoms with Crippen LogP contribution >= 0.6 is 0 Å². The molecule has 1 aromatic carbocycles. The van der Waals surface area contributed by atoms with Gasteiger partial charge in [0.05, 0.1) is 18.8 Å². The van der Waals surface area contributed by atoms with E-state index in [2.05, 4.69) is 35.8 Å². The van der Waals surface area contributed by atoms with Gasteiger partial charge in [-0.1, -0.05) is 29.8 Å². The molecule has 0 spiro atoms. The third-order valence-corrected chi connectivity index (χ3v) is 5.24. The van der Waals surface area contributed by atoms with Crippen molar-refractivity contribution in [2.45, 2.75) is 44.9 Å². The smallest absolute Gasteiger partial charge is 0.0916 e. The average Bonchev–Trinajstić information content (AvgIpc) is 2.56. The number of ether oxygens (including phenoxy) is 1. The van der Waals surface area contributed by atoms with E-state index < -0.39 is 0 Å². The number of benzene rings is 1. The maximum atomic E-state index is 10.4. The molecule has 1 aromatic rings. The molecule has 23 heavy (non-hydrogen) atoms. The summed E-state index contributed by atoms with van der Waals surface area (Å²) in [5, 5.41) is 10.4. The summed E-state index contributed by atoms with van der Waals surface area (Å²) in [5.74, 6) is 0. The van der Waals surface area contributed by atoms with Crippen molar-refractivity contribution in [1.29, 1.82) is 0 Å². The number of aliphatic hydroxyl groups excluding tert-OH is 1. The highest BCUT2D eigenvalue weighted by molar-refractivity contribution is 5.23. The van der Waals surface area contributed by atoms with Gasteiger partial charge >= 0.3 is 0 Å². The fourth-order valence-electron chi connectivity index (χ4n) is 3.78. The first kappa shape index (κ1) is 16.9. The van der Waals surface area contributed by atoms with Crippen molar-refractivity contribution in [2.75, 3.05) is 39.3 Å². The second kappa shape index (κ2) is 7.75. The van der Waals surface area contributed by atoms with E-state index >= 15 is 0 Å². The number of aliphatic hydroxyl groups is 1. The largest absolute Gasteiger partial charge is 0.387 e. The molecule has 0 radical (unpaired) electrons. The van der Waals surface area contributed by atoms with E-state index in [9.17, 15) is 5.11 Å². The van der Waals surface area contributed by atoms with E-state index in [1.807, 2.05) is 12.1 Å². The Morgan fingerprint density at radius 3 is 2.52 bits per heavy atom. The average molecular weight is 318 g/mol. The first-order chi connectivity index (χ1) is 11.1. The van der Waals surface area contributed by atoms with E-state index in [1.165, 1.54) is 18.4 Å². The van der Waals surface area contributed by atoms with E-state index in [-0.39, 0.29) is 6.10 Å². The molecule has 1 N–H and O–H groups in total. The monoisotopic (exact) mass is 318 g/mol. The number of hydrogen-bond donors (Lipinski definition) is 1. The fraction of sp³-hybridized carbons (Fsp3) is 0.684. The Morgan fingerprint density at radius 1 is 1.17 bits per heavy atom. The molecule has 0 aromatic heterocycles. The highest BCUT2D eigenvalue weighted by atomic mass is 16.5. The van der Waals surface area contributed by atoms with E-state index in [0.717, 1.165) is 44.9 Å². The zero-order chi connectivity index (χ0) is 16.2. The lowest BCUT2D eigenvalue weighted by molar-refractivity contribution is -0.0449. The van der Waals surface area contributed by atoms with Gasteiger partial charge in [0.1, 0.15) is 0 Å². The minimum absolute atomic E-state index is 0.366. The van der Waals surface area contributed by atoms with Gasteiger partial charge in [-0.2, -0.15) is 0 Å². The van der Waals surface area contributed by atoms with Gasteiger partial charge in [-0.15, -0.1) is 0 Å². The Morgan fingerprint density at radius 2 is 1.87 bits per heavy atom. The molecule has 0 bridgehead atoms. The first-order valence-corrected chi connectivity index (χ1v) is 8.94. The van der Waals surface area contributed by atoms with Crippen LogP contribution in [-0.4, -0.2) is 66.4 Å².